The van der Waals surface area contributed by atoms with Crippen molar-refractivity contribution in [2.75, 3.05) is 7.11 Å². The Morgan fingerprint density at radius 1 is 1.23 bits per heavy atom. The summed E-state index contributed by atoms with van der Waals surface area (Å²) in [4.78, 5) is 27.5. The Labute approximate surface area is 153 Å². The highest BCUT2D eigenvalue weighted by Crippen LogP contribution is 2.32. The van der Waals surface area contributed by atoms with Gasteiger partial charge >= 0.3 is 0 Å². The summed E-state index contributed by atoms with van der Waals surface area (Å²) < 4.78 is 5.22. The normalized spacial score (nSPS) is 16.8. The van der Waals surface area contributed by atoms with Gasteiger partial charge in [0.05, 0.1) is 22.6 Å². The molecule has 1 saturated heterocycles. The summed E-state index contributed by atoms with van der Waals surface area (Å²) in [6.45, 7) is 1.98. The number of nitro groups is 1. The third-order valence-corrected chi connectivity index (χ3v) is 4.54. The zero-order chi connectivity index (χ0) is 18.7. The van der Waals surface area contributed by atoms with Gasteiger partial charge in [0.2, 0.25) is 0 Å². The van der Waals surface area contributed by atoms with Crippen LogP contribution in [0.4, 0.5) is 11.4 Å². The number of hydrogen-bond donors (Lipinski definition) is 1. The maximum absolute atomic E-state index is 12.2. The third-order valence-electron chi connectivity index (χ3n) is 3.63. The Morgan fingerprint density at radius 3 is 2.62 bits per heavy atom. The molecule has 0 aromatic heterocycles. The van der Waals surface area contributed by atoms with E-state index in [0.717, 1.165) is 11.3 Å². The van der Waals surface area contributed by atoms with Crippen LogP contribution < -0.4 is 10.1 Å². The first-order chi connectivity index (χ1) is 12.5. The molecule has 1 amide bonds. The molecule has 2 aromatic rings. The van der Waals surface area contributed by atoms with E-state index in [2.05, 4.69) is 10.3 Å². The molecule has 3 rings (SSSR count). The zero-order valence-electron chi connectivity index (χ0n) is 14.1. The minimum Gasteiger partial charge on any atom is -0.496 e. The van der Waals surface area contributed by atoms with E-state index in [9.17, 15) is 14.9 Å². The highest BCUT2D eigenvalue weighted by molar-refractivity contribution is 8.18. The second-order valence-electron chi connectivity index (χ2n) is 5.50. The van der Waals surface area contributed by atoms with Gasteiger partial charge in [-0.3, -0.25) is 14.9 Å². The molecule has 0 unspecified atom stereocenters. The topological polar surface area (TPSA) is 93.8 Å². The SMILES string of the molecule is COc1ccc([N+](=O)[O-])cc1/C=C1/SC(=Nc2ccc(C)cc2)NC1=O. The second-order valence-corrected chi connectivity index (χ2v) is 6.53. The fourth-order valence-corrected chi connectivity index (χ4v) is 3.14. The number of hydrogen-bond acceptors (Lipinski definition) is 6. The Morgan fingerprint density at radius 2 is 1.96 bits per heavy atom. The summed E-state index contributed by atoms with van der Waals surface area (Å²) in [5, 5.41) is 14.1. The molecule has 1 fully saturated rings. The van der Waals surface area contributed by atoms with Gasteiger partial charge in [-0.1, -0.05) is 17.7 Å². The maximum atomic E-state index is 12.2. The fourth-order valence-electron chi connectivity index (χ4n) is 2.31. The number of thioether (sulfide) groups is 1. The number of amides is 1. The lowest BCUT2D eigenvalue weighted by Crippen LogP contribution is -2.19. The lowest BCUT2D eigenvalue weighted by atomic mass is 10.1. The lowest BCUT2D eigenvalue weighted by Gasteiger charge is -2.04. The fraction of sp³-hybridized carbons (Fsp3) is 0.111. The quantitative estimate of drug-likeness (QED) is 0.502. The molecule has 26 heavy (non-hydrogen) atoms. The number of amidine groups is 1. The van der Waals surface area contributed by atoms with Gasteiger partial charge < -0.3 is 10.1 Å². The van der Waals surface area contributed by atoms with Crippen molar-refractivity contribution in [3.8, 4) is 5.75 Å². The minimum atomic E-state index is -0.492. The van der Waals surface area contributed by atoms with E-state index in [1.165, 1.54) is 37.1 Å². The first-order valence-electron chi connectivity index (χ1n) is 7.65. The number of nitrogens with one attached hydrogen (secondary N) is 1. The molecule has 0 saturated carbocycles. The smallest absolute Gasteiger partial charge is 0.270 e. The standard InChI is InChI=1S/C18H15N3O4S/c1-11-3-5-13(6-4-11)19-18-20-17(22)16(26-18)10-12-9-14(21(23)24)7-8-15(12)25-2/h3-10H,1-2H3,(H,19,20,22)/b16-10+. The Hall–Kier alpha value is -3.13. The number of benzene rings is 2. The first kappa shape index (κ1) is 17.7. The van der Waals surface area contributed by atoms with Crippen LogP contribution in [-0.2, 0) is 4.79 Å². The first-order valence-corrected chi connectivity index (χ1v) is 8.46. The third kappa shape index (κ3) is 3.92. The highest BCUT2D eigenvalue weighted by Gasteiger charge is 2.24. The lowest BCUT2D eigenvalue weighted by molar-refractivity contribution is -0.384. The van der Waals surface area contributed by atoms with Crippen molar-refractivity contribution in [1.82, 2.24) is 5.32 Å². The summed E-state index contributed by atoms with van der Waals surface area (Å²) in [5.74, 6) is 0.134. The number of rotatable bonds is 4. The predicted molar refractivity (Wildman–Crippen MR) is 102 cm³/mol. The van der Waals surface area contributed by atoms with Crippen LogP contribution in [0.1, 0.15) is 11.1 Å². The molecule has 132 valence electrons. The van der Waals surface area contributed by atoms with E-state index in [-0.39, 0.29) is 11.6 Å². The molecule has 1 N–H and O–H groups in total. The predicted octanol–water partition coefficient (Wildman–Crippen LogP) is 3.80. The van der Waals surface area contributed by atoms with Crippen LogP contribution in [-0.4, -0.2) is 23.1 Å². The van der Waals surface area contributed by atoms with Crippen molar-refractivity contribution in [3.63, 3.8) is 0 Å². The summed E-state index contributed by atoms with van der Waals surface area (Å²) in [7, 11) is 1.47. The van der Waals surface area contributed by atoms with Crippen molar-refractivity contribution in [1.29, 1.82) is 0 Å². The van der Waals surface area contributed by atoms with Gasteiger partial charge in [-0.25, -0.2) is 4.99 Å². The summed E-state index contributed by atoms with van der Waals surface area (Å²) >= 11 is 1.17. The number of nitrogens with zero attached hydrogens (tertiary/aromatic N) is 2. The van der Waals surface area contributed by atoms with Crippen molar-refractivity contribution >= 4 is 40.3 Å². The largest absolute Gasteiger partial charge is 0.496 e. The number of aryl methyl sites for hydroxylation is 1. The molecule has 0 aliphatic carbocycles. The summed E-state index contributed by atoms with van der Waals surface area (Å²) in [6.07, 6.45) is 1.56. The number of ether oxygens (including phenoxy) is 1. The van der Waals surface area contributed by atoms with Crippen LogP contribution >= 0.6 is 11.8 Å². The van der Waals surface area contributed by atoms with Crippen LogP contribution in [0.5, 0.6) is 5.75 Å². The summed E-state index contributed by atoms with van der Waals surface area (Å²) in [6, 6.07) is 11.8. The number of non-ortho nitro benzene ring substituents is 1. The Bertz CT molecular complexity index is 936. The number of aliphatic imine (C=N–C) groups is 1. The molecule has 8 heteroatoms. The van der Waals surface area contributed by atoms with E-state index in [1.807, 2.05) is 31.2 Å². The number of methoxy groups -OCH3 is 1. The van der Waals surface area contributed by atoms with Crippen LogP contribution in [0.25, 0.3) is 6.08 Å². The molecule has 0 bridgehead atoms. The minimum absolute atomic E-state index is 0.0744. The molecule has 7 nitrogen and oxygen atoms in total. The molecule has 2 aromatic carbocycles. The number of nitro benzene ring substituents is 1. The van der Waals surface area contributed by atoms with Crippen LogP contribution in [0, 0.1) is 17.0 Å². The van der Waals surface area contributed by atoms with E-state index in [0.29, 0.717) is 21.4 Å². The van der Waals surface area contributed by atoms with E-state index in [1.54, 1.807) is 6.08 Å². The van der Waals surface area contributed by atoms with Crippen molar-refractivity contribution < 1.29 is 14.5 Å². The molecule has 0 radical (unpaired) electrons. The van der Waals surface area contributed by atoms with Crippen molar-refractivity contribution in [3.05, 3.63) is 68.6 Å². The van der Waals surface area contributed by atoms with Gasteiger partial charge in [-0.2, -0.15) is 0 Å². The molecule has 1 heterocycles. The van der Waals surface area contributed by atoms with E-state index < -0.39 is 4.92 Å². The van der Waals surface area contributed by atoms with Gasteiger partial charge in [-0.05, 0) is 43.0 Å². The van der Waals surface area contributed by atoms with Gasteiger partial charge in [-0.15, -0.1) is 0 Å². The van der Waals surface area contributed by atoms with Crippen LogP contribution in [0.3, 0.4) is 0 Å². The summed E-state index contributed by atoms with van der Waals surface area (Å²) in [5.41, 5.74) is 2.23. The average Bonchev–Trinajstić information content (AvgIpc) is 2.96. The van der Waals surface area contributed by atoms with Crippen molar-refractivity contribution in [2.45, 2.75) is 6.92 Å². The van der Waals surface area contributed by atoms with Gasteiger partial charge in [0, 0.05) is 17.7 Å². The van der Waals surface area contributed by atoms with Gasteiger partial charge in [0.25, 0.3) is 11.6 Å². The Kier molecular flexibility index (Phi) is 5.04. The molecular weight excluding hydrogens is 354 g/mol. The van der Waals surface area contributed by atoms with Crippen molar-refractivity contribution in [2.24, 2.45) is 4.99 Å². The van der Waals surface area contributed by atoms with Gasteiger partial charge in [0.1, 0.15) is 5.75 Å². The van der Waals surface area contributed by atoms with E-state index in [4.69, 9.17) is 4.74 Å². The van der Waals surface area contributed by atoms with Crippen LogP contribution in [0.2, 0.25) is 0 Å². The monoisotopic (exact) mass is 369 g/mol. The van der Waals surface area contributed by atoms with Gasteiger partial charge in [0.15, 0.2) is 5.17 Å². The molecule has 0 atom stereocenters. The average molecular weight is 369 g/mol. The number of carbonyl (C=O) groups excluding carboxylic acids is 1. The molecule has 0 spiro atoms. The number of carbonyl (C=O) groups is 1. The molecular formula is C18H15N3O4S. The maximum Gasteiger partial charge on any atom is 0.270 e. The second kappa shape index (κ2) is 7.40. The van der Waals surface area contributed by atoms with Crippen LogP contribution in [0.15, 0.2) is 52.4 Å². The zero-order valence-corrected chi connectivity index (χ0v) is 14.9. The highest BCUT2D eigenvalue weighted by atomic mass is 32.2. The van der Waals surface area contributed by atoms with E-state index >= 15 is 0 Å². The molecule has 1 aliphatic heterocycles. The molecule has 1 aliphatic rings. The Balaban J connectivity index is 1.90.